The van der Waals surface area contributed by atoms with Gasteiger partial charge in [-0.2, -0.15) is 0 Å². The highest BCUT2D eigenvalue weighted by molar-refractivity contribution is 7.49. The molecule has 2 unspecified atom stereocenters. The van der Waals surface area contributed by atoms with Crippen molar-refractivity contribution < 1.29 is 18.8 Å². The van der Waals surface area contributed by atoms with Gasteiger partial charge in [0.1, 0.15) is 7.80 Å². The van der Waals surface area contributed by atoms with E-state index in [0.717, 1.165) is 0 Å². The summed E-state index contributed by atoms with van der Waals surface area (Å²) in [6, 6.07) is 0. The van der Waals surface area contributed by atoms with Gasteiger partial charge >= 0.3 is 5.97 Å². The van der Waals surface area contributed by atoms with Crippen LogP contribution in [0, 0.1) is 0 Å². The second-order valence-corrected chi connectivity index (χ2v) is 6.80. The third kappa shape index (κ3) is 7.26. The van der Waals surface area contributed by atoms with E-state index in [-0.39, 0.29) is 12.2 Å². The maximum absolute atomic E-state index is 11.6. The number of ether oxygens (including phenoxy) is 2. The van der Waals surface area contributed by atoms with Gasteiger partial charge in [-0.1, -0.05) is 0 Å². The minimum absolute atomic E-state index is 0.0891. The van der Waals surface area contributed by atoms with Crippen molar-refractivity contribution in [2.24, 2.45) is 0 Å². The molecule has 0 aliphatic heterocycles. The van der Waals surface area contributed by atoms with Crippen LogP contribution in [0.15, 0.2) is 0 Å². The van der Waals surface area contributed by atoms with Crippen LogP contribution in [0.5, 0.6) is 0 Å². The summed E-state index contributed by atoms with van der Waals surface area (Å²) in [6.07, 6.45) is 0.158. The highest BCUT2D eigenvalue weighted by atomic mass is 35.5. The zero-order valence-electron chi connectivity index (χ0n) is 10.2. The van der Waals surface area contributed by atoms with Crippen molar-refractivity contribution >= 4 is 25.4 Å². The van der Waals surface area contributed by atoms with Crippen LogP contribution in [0.1, 0.15) is 27.7 Å². The molecule has 0 amide bonds. The van der Waals surface area contributed by atoms with Crippen LogP contribution in [0.2, 0.25) is 0 Å². The van der Waals surface area contributed by atoms with Crippen LogP contribution >= 0.6 is 19.4 Å². The molecule has 96 valence electrons. The lowest BCUT2D eigenvalue weighted by Gasteiger charge is -2.13. The van der Waals surface area contributed by atoms with Gasteiger partial charge in [0.05, 0.1) is 18.8 Å². The summed E-state index contributed by atoms with van der Waals surface area (Å²) in [6.45, 7) is 7.58. The predicted molar refractivity (Wildman–Crippen MR) is 65.8 cm³/mol. The molecule has 0 N–H and O–H groups in total. The van der Waals surface area contributed by atoms with Gasteiger partial charge in [0, 0.05) is 6.16 Å². The lowest BCUT2D eigenvalue weighted by Crippen LogP contribution is -2.20. The molecule has 0 aliphatic rings. The molecular formula is C10H20ClO4P. The zero-order chi connectivity index (χ0) is 12.7. The van der Waals surface area contributed by atoms with E-state index in [9.17, 15) is 9.36 Å². The van der Waals surface area contributed by atoms with E-state index in [1.807, 2.05) is 13.8 Å². The molecule has 0 saturated heterocycles. The Hall–Kier alpha value is -0.0500. The number of hydrogen-bond acceptors (Lipinski definition) is 4. The van der Waals surface area contributed by atoms with E-state index in [0.29, 0.717) is 12.8 Å². The maximum Gasteiger partial charge on any atom is 0.331 e. The Morgan fingerprint density at radius 1 is 1.25 bits per heavy atom. The van der Waals surface area contributed by atoms with Gasteiger partial charge in [0.15, 0.2) is 5.12 Å². The fourth-order valence-electron chi connectivity index (χ4n) is 0.945. The molecule has 0 aliphatic carbocycles. The first-order valence-corrected chi connectivity index (χ1v) is 7.46. The van der Waals surface area contributed by atoms with Crippen molar-refractivity contribution in [3.05, 3.63) is 0 Å². The molecule has 0 aromatic heterocycles. The summed E-state index contributed by atoms with van der Waals surface area (Å²) >= 11 is 5.74. The molecule has 16 heavy (non-hydrogen) atoms. The standard InChI is InChI=1S/C10H20ClO4P/c1-7(2)14-5-6-16(13)9(11)10(12)15-8(3)4/h7-9,16H,5-6H2,1-4H3. The largest absolute Gasteiger partial charge is 0.462 e. The monoisotopic (exact) mass is 270 g/mol. The number of carbonyl (C=O) groups excluding carboxylic acids is 1. The van der Waals surface area contributed by atoms with E-state index in [2.05, 4.69) is 0 Å². The Morgan fingerprint density at radius 2 is 1.81 bits per heavy atom. The number of hydrogen-bond donors (Lipinski definition) is 0. The van der Waals surface area contributed by atoms with Gasteiger partial charge in [0.25, 0.3) is 0 Å². The SMILES string of the molecule is CC(C)OCC[PH](=O)C(Cl)C(=O)OC(C)C. The smallest absolute Gasteiger partial charge is 0.331 e. The average Bonchev–Trinajstić information content (AvgIpc) is 2.14. The fraction of sp³-hybridized carbons (Fsp3) is 0.900. The molecule has 0 saturated carbocycles. The molecule has 6 heteroatoms. The molecular weight excluding hydrogens is 251 g/mol. The summed E-state index contributed by atoms with van der Waals surface area (Å²) in [7, 11) is -2.19. The van der Waals surface area contributed by atoms with Crippen LogP contribution in [0.3, 0.4) is 0 Å². The topological polar surface area (TPSA) is 52.6 Å². The highest BCUT2D eigenvalue weighted by Crippen LogP contribution is 2.32. The number of rotatable bonds is 7. The van der Waals surface area contributed by atoms with E-state index in [1.165, 1.54) is 0 Å². The Labute approximate surface area is 102 Å². The molecule has 0 spiro atoms. The van der Waals surface area contributed by atoms with Crippen LogP contribution in [-0.2, 0) is 18.8 Å². The fourth-order valence-corrected chi connectivity index (χ4v) is 2.23. The second-order valence-electron chi connectivity index (χ2n) is 3.98. The third-order valence-corrected chi connectivity index (χ3v) is 4.05. The summed E-state index contributed by atoms with van der Waals surface area (Å²) in [5.74, 6) is -0.606. The van der Waals surface area contributed by atoms with E-state index < -0.39 is 18.9 Å². The van der Waals surface area contributed by atoms with Gasteiger partial charge in [-0.3, -0.25) is 0 Å². The first kappa shape index (κ1) is 16.0. The Morgan fingerprint density at radius 3 is 2.25 bits per heavy atom. The maximum atomic E-state index is 11.6. The van der Waals surface area contributed by atoms with Crippen LogP contribution in [0.4, 0.5) is 0 Å². The van der Waals surface area contributed by atoms with E-state index in [1.54, 1.807) is 13.8 Å². The van der Waals surface area contributed by atoms with E-state index >= 15 is 0 Å². The highest BCUT2D eigenvalue weighted by Gasteiger charge is 2.24. The first-order valence-electron chi connectivity index (χ1n) is 5.33. The molecule has 0 rings (SSSR count). The second kappa shape index (κ2) is 8.10. The number of alkyl halides is 1. The predicted octanol–water partition coefficient (Wildman–Crippen LogP) is 2.49. The minimum Gasteiger partial charge on any atom is -0.462 e. The third-order valence-electron chi connectivity index (χ3n) is 1.64. The van der Waals surface area contributed by atoms with Crippen molar-refractivity contribution in [3.63, 3.8) is 0 Å². The Bertz CT molecular complexity index is 243. The zero-order valence-corrected chi connectivity index (χ0v) is 11.9. The summed E-state index contributed by atoms with van der Waals surface area (Å²) in [5.41, 5.74) is 0. The quantitative estimate of drug-likeness (QED) is 0.405. The summed E-state index contributed by atoms with van der Waals surface area (Å²) in [4.78, 5) is 11.3. The first-order chi connectivity index (χ1) is 7.34. The summed E-state index contributed by atoms with van der Waals surface area (Å²) in [5, 5.41) is -1.04. The molecule has 0 fully saturated rings. The number of carbonyl (C=O) groups is 1. The molecule has 0 heterocycles. The Balaban J connectivity index is 3.93. The van der Waals surface area contributed by atoms with Crippen LogP contribution in [-0.4, -0.2) is 36.1 Å². The molecule has 0 aromatic carbocycles. The van der Waals surface area contributed by atoms with Crippen molar-refractivity contribution in [2.75, 3.05) is 12.8 Å². The van der Waals surface area contributed by atoms with Gasteiger partial charge in [-0.15, -0.1) is 11.6 Å². The van der Waals surface area contributed by atoms with Gasteiger partial charge < -0.3 is 14.0 Å². The number of halogens is 1. The van der Waals surface area contributed by atoms with Crippen molar-refractivity contribution in [2.45, 2.75) is 45.0 Å². The van der Waals surface area contributed by atoms with Crippen LogP contribution < -0.4 is 0 Å². The lowest BCUT2D eigenvalue weighted by atomic mass is 10.5. The Kier molecular flexibility index (Phi) is 8.08. The molecule has 0 bridgehead atoms. The van der Waals surface area contributed by atoms with Gasteiger partial charge in [-0.05, 0) is 27.7 Å². The number of esters is 1. The summed E-state index contributed by atoms with van der Waals surface area (Å²) < 4.78 is 21.7. The molecule has 0 aromatic rings. The van der Waals surface area contributed by atoms with Crippen molar-refractivity contribution in [3.8, 4) is 0 Å². The lowest BCUT2D eigenvalue weighted by molar-refractivity contribution is -0.145. The molecule has 2 atom stereocenters. The van der Waals surface area contributed by atoms with Gasteiger partial charge in [-0.25, -0.2) is 4.79 Å². The average molecular weight is 271 g/mol. The minimum atomic E-state index is -2.19. The normalized spacial score (nSPS) is 15.2. The molecule has 4 nitrogen and oxygen atoms in total. The van der Waals surface area contributed by atoms with Crippen molar-refractivity contribution in [1.82, 2.24) is 0 Å². The van der Waals surface area contributed by atoms with Crippen LogP contribution in [0.25, 0.3) is 0 Å². The van der Waals surface area contributed by atoms with Crippen molar-refractivity contribution in [1.29, 1.82) is 0 Å². The van der Waals surface area contributed by atoms with E-state index in [4.69, 9.17) is 21.1 Å². The van der Waals surface area contributed by atoms with Gasteiger partial charge in [0.2, 0.25) is 0 Å². The molecule has 0 radical (unpaired) electrons.